The van der Waals surface area contributed by atoms with Crippen LogP contribution in [0.15, 0.2) is 36.0 Å². The molecule has 0 fully saturated rings. The van der Waals surface area contributed by atoms with E-state index in [4.69, 9.17) is 5.26 Å². The predicted octanol–water partition coefficient (Wildman–Crippen LogP) is 1.85. The molecule has 5 heteroatoms. The fourth-order valence-electron chi connectivity index (χ4n) is 1.36. The quantitative estimate of drug-likeness (QED) is 0.606. The van der Waals surface area contributed by atoms with Gasteiger partial charge in [-0.2, -0.15) is 5.26 Å². The topological polar surface area (TPSA) is 64.9 Å². The van der Waals surface area contributed by atoms with Gasteiger partial charge in [0.25, 0.3) is 5.91 Å². The maximum Gasteiger partial charge on any atom is 0.263 e. The number of nitrogens with zero attached hydrogens (tertiary/aromatic N) is 1. The SMILES string of the molecule is CCCNC(=O)/C(C#N)=C\NCc1ccc(F)cc1. The van der Waals surface area contributed by atoms with Crippen molar-refractivity contribution < 1.29 is 9.18 Å². The second-order valence-electron chi connectivity index (χ2n) is 3.93. The average molecular weight is 261 g/mol. The van der Waals surface area contributed by atoms with Gasteiger partial charge < -0.3 is 10.6 Å². The molecule has 19 heavy (non-hydrogen) atoms. The lowest BCUT2D eigenvalue weighted by atomic mass is 10.2. The monoisotopic (exact) mass is 261 g/mol. The molecule has 100 valence electrons. The highest BCUT2D eigenvalue weighted by Gasteiger charge is 2.06. The van der Waals surface area contributed by atoms with Crippen molar-refractivity contribution in [3.63, 3.8) is 0 Å². The highest BCUT2D eigenvalue weighted by molar-refractivity contribution is 5.97. The molecule has 0 aromatic heterocycles. The molecule has 0 atom stereocenters. The van der Waals surface area contributed by atoms with E-state index in [0.29, 0.717) is 13.1 Å². The summed E-state index contributed by atoms with van der Waals surface area (Å²) in [7, 11) is 0. The molecule has 0 heterocycles. The van der Waals surface area contributed by atoms with Crippen LogP contribution in [0.5, 0.6) is 0 Å². The smallest absolute Gasteiger partial charge is 0.263 e. The zero-order chi connectivity index (χ0) is 14.1. The number of rotatable bonds is 6. The molecule has 0 radical (unpaired) electrons. The van der Waals surface area contributed by atoms with Crippen molar-refractivity contribution in [3.05, 3.63) is 47.4 Å². The Labute approximate surface area is 111 Å². The number of halogens is 1. The van der Waals surface area contributed by atoms with E-state index >= 15 is 0 Å². The molecule has 0 spiro atoms. The van der Waals surface area contributed by atoms with E-state index in [0.717, 1.165) is 12.0 Å². The Kier molecular flexibility index (Phi) is 6.10. The Morgan fingerprint density at radius 2 is 2.11 bits per heavy atom. The Balaban J connectivity index is 2.51. The summed E-state index contributed by atoms with van der Waals surface area (Å²) >= 11 is 0. The van der Waals surface area contributed by atoms with Gasteiger partial charge in [0.1, 0.15) is 17.5 Å². The number of nitriles is 1. The van der Waals surface area contributed by atoms with Crippen LogP contribution in [0, 0.1) is 17.1 Å². The number of benzene rings is 1. The van der Waals surface area contributed by atoms with Crippen LogP contribution in [0.25, 0.3) is 0 Å². The zero-order valence-corrected chi connectivity index (χ0v) is 10.7. The molecule has 0 aliphatic heterocycles. The van der Waals surface area contributed by atoms with Crippen LogP contribution in [-0.2, 0) is 11.3 Å². The van der Waals surface area contributed by atoms with Gasteiger partial charge >= 0.3 is 0 Å². The van der Waals surface area contributed by atoms with Crippen molar-refractivity contribution in [1.29, 1.82) is 5.26 Å². The molecule has 1 aromatic rings. The molecular weight excluding hydrogens is 245 g/mol. The standard InChI is InChI=1S/C14H16FN3O/c1-2-7-18-14(19)12(8-16)10-17-9-11-3-5-13(15)6-4-11/h3-6,10,17H,2,7,9H2,1H3,(H,18,19)/b12-10-. The second kappa shape index (κ2) is 7.88. The lowest BCUT2D eigenvalue weighted by Crippen LogP contribution is -2.26. The summed E-state index contributed by atoms with van der Waals surface area (Å²) < 4.78 is 12.7. The molecule has 0 saturated carbocycles. The minimum Gasteiger partial charge on any atom is -0.386 e. The summed E-state index contributed by atoms with van der Waals surface area (Å²) in [5.74, 6) is -0.688. The van der Waals surface area contributed by atoms with E-state index in [1.165, 1.54) is 18.3 Å². The first-order valence-corrected chi connectivity index (χ1v) is 6.03. The third kappa shape index (κ3) is 5.21. The van der Waals surface area contributed by atoms with Crippen LogP contribution >= 0.6 is 0 Å². The molecule has 1 amide bonds. The van der Waals surface area contributed by atoms with Crippen molar-refractivity contribution in [2.45, 2.75) is 19.9 Å². The molecule has 2 N–H and O–H groups in total. The van der Waals surface area contributed by atoms with E-state index in [9.17, 15) is 9.18 Å². The number of nitrogens with one attached hydrogen (secondary N) is 2. The van der Waals surface area contributed by atoms with Gasteiger partial charge in [0.2, 0.25) is 0 Å². The lowest BCUT2D eigenvalue weighted by Gasteiger charge is -2.04. The summed E-state index contributed by atoms with van der Waals surface area (Å²) in [6.07, 6.45) is 2.18. The maximum atomic E-state index is 12.7. The van der Waals surface area contributed by atoms with Gasteiger partial charge in [-0.1, -0.05) is 19.1 Å². The second-order valence-corrected chi connectivity index (χ2v) is 3.93. The first-order valence-electron chi connectivity index (χ1n) is 6.03. The largest absolute Gasteiger partial charge is 0.386 e. The number of carbonyl (C=O) groups is 1. The van der Waals surface area contributed by atoms with E-state index < -0.39 is 5.91 Å². The van der Waals surface area contributed by atoms with Crippen molar-refractivity contribution in [2.75, 3.05) is 6.54 Å². The third-order valence-electron chi connectivity index (χ3n) is 2.37. The molecule has 4 nitrogen and oxygen atoms in total. The van der Waals surface area contributed by atoms with Gasteiger partial charge in [-0.05, 0) is 24.1 Å². The van der Waals surface area contributed by atoms with Crippen molar-refractivity contribution >= 4 is 5.91 Å². The van der Waals surface area contributed by atoms with Gasteiger partial charge in [-0.3, -0.25) is 4.79 Å². The minimum absolute atomic E-state index is 0.0237. The van der Waals surface area contributed by atoms with Gasteiger partial charge in [-0.25, -0.2) is 4.39 Å². The normalized spacial score (nSPS) is 10.7. The number of amides is 1. The van der Waals surface area contributed by atoms with Gasteiger partial charge in [0, 0.05) is 19.3 Å². The van der Waals surface area contributed by atoms with Crippen LogP contribution in [-0.4, -0.2) is 12.5 Å². The Bertz CT molecular complexity index is 488. The summed E-state index contributed by atoms with van der Waals surface area (Å²) in [5, 5.41) is 14.3. The van der Waals surface area contributed by atoms with E-state index in [1.54, 1.807) is 12.1 Å². The molecule has 0 aliphatic carbocycles. The highest BCUT2D eigenvalue weighted by Crippen LogP contribution is 2.02. The summed E-state index contributed by atoms with van der Waals surface area (Å²) in [6.45, 7) is 2.89. The number of carbonyl (C=O) groups excluding carboxylic acids is 1. The fourth-order valence-corrected chi connectivity index (χ4v) is 1.36. The lowest BCUT2D eigenvalue weighted by molar-refractivity contribution is -0.117. The molecule has 0 saturated heterocycles. The first-order chi connectivity index (χ1) is 9.17. The third-order valence-corrected chi connectivity index (χ3v) is 2.37. The number of hydrogen-bond donors (Lipinski definition) is 2. The van der Waals surface area contributed by atoms with Crippen LogP contribution < -0.4 is 10.6 Å². The molecule has 0 bridgehead atoms. The Morgan fingerprint density at radius 1 is 1.42 bits per heavy atom. The van der Waals surface area contributed by atoms with Gasteiger partial charge in [0.15, 0.2) is 0 Å². The summed E-state index contributed by atoms with van der Waals surface area (Å²) in [5.41, 5.74) is 0.888. The fraction of sp³-hybridized carbons (Fsp3) is 0.286. The van der Waals surface area contributed by atoms with Crippen LogP contribution in [0.3, 0.4) is 0 Å². The number of hydrogen-bond acceptors (Lipinski definition) is 3. The van der Waals surface area contributed by atoms with Crippen molar-refractivity contribution in [3.8, 4) is 6.07 Å². The van der Waals surface area contributed by atoms with Gasteiger partial charge in [0.05, 0.1) is 0 Å². The average Bonchev–Trinajstić information content (AvgIpc) is 2.43. The molecule has 0 aliphatic rings. The van der Waals surface area contributed by atoms with Crippen molar-refractivity contribution in [1.82, 2.24) is 10.6 Å². The van der Waals surface area contributed by atoms with E-state index in [1.807, 2.05) is 13.0 Å². The summed E-state index contributed by atoms with van der Waals surface area (Å²) in [6, 6.07) is 7.83. The molecule has 0 unspecified atom stereocenters. The Morgan fingerprint density at radius 3 is 2.68 bits per heavy atom. The molecular formula is C14H16FN3O. The zero-order valence-electron chi connectivity index (χ0n) is 10.7. The van der Waals surface area contributed by atoms with E-state index in [-0.39, 0.29) is 11.4 Å². The maximum absolute atomic E-state index is 12.7. The van der Waals surface area contributed by atoms with Crippen LogP contribution in [0.1, 0.15) is 18.9 Å². The van der Waals surface area contributed by atoms with Gasteiger partial charge in [-0.15, -0.1) is 0 Å². The highest BCUT2D eigenvalue weighted by atomic mass is 19.1. The van der Waals surface area contributed by atoms with E-state index in [2.05, 4.69) is 10.6 Å². The molecule has 1 aromatic carbocycles. The first kappa shape index (κ1) is 14.7. The van der Waals surface area contributed by atoms with Crippen LogP contribution in [0.2, 0.25) is 0 Å². The summed E-state index contributed by atoms with van der Waals surface area (Å²) in [4.78, 5) is 11.5. The van der Waals surface area contributed by atoms with Crippen molar-refractivity contribution in [2.24, 2.45) is 0 Å². The minimum atomic E-state index is -0.393. The van der Waals surface area contributed by atoms with Crippen LogP contribution in [0.4, 0.5) is 4.39 Å². The molecule has 1 rings (SSSR count). The predicted molar refractivity (Wildman–Crippen MR) is 70.2 cm³/mol. The Hall–Kier alpha value is -2.35.